The Hall–Kier alpha value is -0.620. The molecule has 2 N–H and O–H groups in total. The normalized spacial score (nSPS) is 23.4. The number of hydrogen-bond acceptors (Lipinski definition) is 3. The van der Waals surface area contributed by atoms with Gasteiger partial charge >= 0.3 is 0 Å². The highest BCUT2D eigenvalue weighted by Gasteiger charge is 2.36. The molecule has 6 heteroatoms. The van der Waals surface area contributed by atoms with E-state index in [1.165, 1.54) is 6.07 Å². The highest BCUT2D eigenvalue weighted by molar-refractivity contribution is 7.89. The first-order valence-electron chi connectivity index (χ1n) is 7.48. The summed E-state index contributed by atoms with van der Waals surface area (Å²) < 4.78 is 27.4. The molecule has 2 rings (SSSR count). The molecule has 0 bridgehead atoms. The largest absolute Gasteiger partial charge is 0.330 e. The Morgan fingerprint density at radius 1 is 1.33 bits per heavy atom. The second-order valence-electron chi connectivity index (χ2n) is 5.51. The van der Waals surface area contributed by atoms with Crippen LogP contribution in [0.15, 0.2) is 29.2 Å². The predicted molar refractivity (Wildman–Crippen MR) is 85.8 cm³/mol. The molecular formula is C15H23ClN2O2S. The molecule has 0 heterocycles. The molecule has 21 heavy (non-hydrogen) atoms. The second-order valence-corrected chi connectivity index (χ2v) is 7.84. The molecule has 4 nitrogen and oxygen atoms in total. The summed E-state index contributed by atoms with van der Waals surface area (Å²) in [5.74, 6) is 0.243. The van der Waals surface area contributed by atoms with Crippen molar-refractivity contribution in [2.45, 2.75) is 43.5 Å². The number of rotatable bonds is 5. The van der Waals surface area contributed by atoms with E-state index in [1.54, 1.807) is 22.5 Å². The number of nitrogens with zero attached hydrogens (tertiary/aromatic N) is 1. The Bertz CT molecular complexity index is 577. The summed E-state index contributed by atoms with van der Waals surface area (Å²) in [6.07, 6.45) is 4.08. The van der Waals surface area contributed by atoms with Crippen molar-refractivity contribution >= 4 is 21.6 Å². The van der Waals surface area contributed by atoms with Gasteiger partial charge in [0.25, 0.3) is 0 Å². The van der Waals surface area contributed by atoms with E-state index in [-0.39, 0.29) is 16.9 Å². The highest BCUT2D eigenvalue weighted by Crippen LogP contribution is 2.31. The van der Waals surface area contributed by atoms with E-state index in [4.69, 9.17) is 17.3 Å². The molecule has 118 valence electrons. The van der Waals surface area contributed by atoms with E-state index < -0.39 is 10.0 Å². The first-order chi connectivity index (χ1) is 10.0. The zero-order chi connectivity index (χ0) is 15.5. The summed E-state index contributed by atoms with van der Waals surface area (Å²) in [5.41, 5.74) is 5.85. The number of halogens is 1. The molecule has 2 unspecified atom stereocenters. The zero-order valence-corrected chi connectivity index (χ0v) is 13.9. The minimum absolute atomic E-state index is 0.00210. The van der Waals surface area contributed by atoms with E-state index >= 15 is 0 Å². The van der Waals surface area contributed by atoms with Crippen molar-refractivity contribution in [3.8, 4) is 0 Å². The van der Waals surface area contributed by atoms with Gasteiger partial charge in [-0.2, -0.15) is 4.31 Å². The molecule has 1 fully saturated rings. The Balaban J connectivity index is 2.35. The van der Waals surface area contributed by atoms with Gasteiger partial charge in [-0.1, -0.05) is 37.4 Å². The monoisotopic (exact) mass is 330 g/mol. The van der Waals surface area contributed by atoms with Crippen molar-refractivity contribution in [3.05, 3.63) is 29.3 Å². The van der Waals surface area contributed by atoms with Crippen molar-refractivity contribution in [1.29, 1.82) is 0 Å². The molecule has 0 spiro atoms. The summed E-state index contributed by atoms with van der Waals surface area (Å²) >= 11 is 5.94. The SMILES string of the molecule is CCN(C1CCCCC1CN)S(=O)(=O)c1cccc(Cl)c1. The quantitative estimate of drug-likeness (QED) is 0.902. The van der Waals surface area contributed by atoms with Gasteiger partial charge in [0, 0.05) is 17.6 Å². The molecular weight excluding hydrogens is 308 g/mol. The second kappa shape index (κ2) is 7.09. The zero-order valence-electron chi connectivity index (χ0n) is 12.3. The van der Waals surface area contributed by atoms with Crippen LogP contribution < -0.4 is 5.73 Å². The van der Waals surface area contributed by atoms with Gasteiger partial charge in [0.05, 0.1) is 4.90 Å². The van der Waals surface area contributed by atoms with Crippen molar-refractivity contribution < 1.29 is 8.42 Å². The number of nitrogens with two attached hydrogens (primary N) is 1. The predicted octanol–water partition coefficient (Wildman–Crippen LogP) is 2.87. The Labute approximate surface area is 132 Å². The molecule has 1 aliphatic rings. The summed E-state index contributed by atoms with van der Waals surface area (Å²) in [5, 5.41) is 0.436. The van der Waals surface area contributed by atoms with Gasteiger partial charge in [-0.25, -0.2) is 8.42 Å². The molecule has 0 amide bonds. The van der Waals surface area contributed by atoms with Crippen molar-refractivity contribution in [2.75, 3.05) is 13.1 Å². The molecule has 2 atom stereocenters. The lowest BCUT2D eigenvalue weighted by molar-refractivity contribution is 0.187. The van der Waals surface area contributed by atoms with Crippen LogP contribution in [-0.4, -0.2) is 31.9 Å². The van der Waals surface area contributed by atoms with E-state index in [0.29, 0.717) is 18.1 Å². The van der Waals surface area contributed by atoms with E-state index in [0.717, 1.165) is 25.7 Å². The Kier molecular flexibility index (Phi) is 5.66. The van der Waals surface area contributed by atoms with Gasteiger partial charge in [-0.05, 0) is 43.5 Å². The van der Waals surface area contributed by atoms with Crippen LogP contribution in [0.4, 0.5) is 0 Å². The Morgan fingerprint density at radius 3 is 2.67 bits per heavy atom. The molecule has 0 saturated heterocycles. The van der Waals surface area contributed by atoms with Crippen molar-refractivity contribution in [2.24, 2.45) is 11.7 Å². The van der Waals surface area contributed by atoms with Gasteiger partial charge in [-0.3, -0.25) is 0 Å². The van der Waals surface area contributed by atoms with Crippen LogP contribution in [0, 0.1) is 5.92 Å². The van der Waals surface area contributed by atoms with Crippen LogP contribution in [0.3, 0.4) is 0 Å². The van der Waals surface area contributed by atoms with Gasteiger partial charge in [0.1, 0.15) is 0 Å². The topological polar surface area (TPSA) is 63.4 Å². The lowest BCUT2D eigenvalue weighted by Gasteiger charge is -2.38. The smallest absolute Gasteiger partial charge is 0.243 e. The van der Waals surface area contributed by atoms with E-state index in [1.807, 2.05) is 6.92 Å². The average Bonchev–Trinajstić information content (AvgIpc) is 2.48. The first kappa shape index (κ1) is 16.7. The molecule has 0 aliphatic heterocycles. The standard InChI is InChI=1S/C15H23ClN2O2S/c1-2-18(15-9-4-3-6-12(15)11-17)21(19,20)14-8-5-7-13(16)10-14/h5,7-8,10,12,15H,2-4,6,9,11,17H2,1H3. The molecule has 1 saturated carbocycles. The summed E-state index contributed by atoms with van der Waals surface area (Å²) in [6.45, 7) is 2.87. The van der Waals surface area contributed by atoms with Crippen LogP contribution in [0.5, 0.6) is 0 Å². The average molecular weight is 331 g/mol. The fourth-order valence-corrected chi connectivity index (χ4v) is 5.21. The third-order valence-electron chi connectivity index (χ3n) is 4.26. The fourth-order valence-electron chi connectivity index (χ4n) is 3.19. The van der Waals surface area contributed by atoms with Crippen LogP contribution in [0.2, 0.25) is 5.02 Å². The molecule has 0 radical (unpaired) electrons. The molecule has 1 aromatic rings. The molecule has 1 aromatic carbocycles. The fraction of sp³-hybridized carbons (Fsp3) is 0.600. The van der Waals surface area contributed by atoms with Crippen LogP contribution in [0.25, 0.3) is 0 Å². The van der Waals surface area contributed by atoms with Gasteiger partial charge in [0.2, 0.25) is 10.0 Å². The van der Waals surface area contributed by atoms with Crippen molar-refractivity contribution in [3.63, 3.8) is 0 Å². The first-order valence-corrected chi connectivity index (χ1v) is 9.30. The number of hydrogen-bond donors (Lipinski definition) is 1. The number of benzene rings is 1. The lowest BCUT2D eigenvalue weighted by Crippen LogP contribution is -2.47. The summed E-state index contributed by atoms with van der Waals surface area (Å²) in [6, 6.07) is 6.46. The van der Waals surface area contributed by atoms with Crippen LogP contribution in [-0.2, 0) is 10.0 Å². The maximum atomic E-state index is 12.9. The molecule has 1 aliphatic carbocycles. The molecule has 0 aromatic heterocycles. The third kappa shape index (κ3) is 3.59. The van der Waals surface area contributed by atoms with Gasteiger partial charge in [0.15, 0.2) is 0 Å². The Morgan fingerprint density at radius 2 is 2.05 bits per heavy atom. The third-order valence-corrected chi connectivity index (χ3v) is 6.49. The highest BCUT2D eigenvalue weighted by atomic mass is 35.5. The minimum atomic E-state index is -3.52. The maximum Gasteiger partial charge on any atom is 0.243 e. The summed E-state index contributed by atoms with van der Waals surface area (Å²) in [7, 11) is -3.52. The van der Waals surface area contributed by atoms with E-state index in [2.05, 4.69) is 0 Å². The summed E-state index contributed by atoms with van der Waals surface area (Å²) in [4.78, 5) is 0.262. The van der Waals surface area contributed by atoms with Crippen LogP contribution >= 0.6 is 11.6 Å². The lowest BCUT2D eigenvalue weighted by atomic mass is 9.84. The van der Waals surface area contributed by atoms with Gasteiger partial charge in [-0.15, -0.1) is 0 Å². The maximum absolute atomic E-state index is 12.9. The van der Waals surface area contributed by atoms with Gasteiger partial charge < -0.3 is 5.73 Å². The minimum Gasteiger partial charge on any atom is -0.330 e. The van der Waals surface area contributed by atoms with Crippen LogP contribution in [0.1, 0.15) is 32.6 Å². The van der Waals surface area contributed by atoms with E-state index in [9.17, 15) is 8.42 Å². The van der Waals surface area contributed by atoms with Crippen molar-refractivity contribution in [1.82, 2.24) is 4.31 Å². The number of sulfonamides is 1.